The number of esters is 1. The molecule has 0 heterocycles. The Kier molecular flexibility index (Phi) is 4.01. The van der Waals surface area contributed by atoms with Crippen molar-refractivity contribution in [3.8, 4) is 6.07 Å². The first-order valence-corrected chi connectivity index (χ1v) is 4.93. The third-order valence-corrected chi connectivity index (χ3v) is 2.05. The molecule has 1 aromatic rings. The van der Waals surface area contributed by atoms with Crippen molar-refractivity contribution in [3.63, 3.8) is 0 Å². The fraction of sp³-hybridized carbons (Fsp3) is 0.333. The van der Waals surface area contributed by atoms with E-state index in [2.05, 4.69) is 0 Å². The zero-order chi connectivity index (χ0) is 12.1. The lowest BCUT2D eigenvalue weighted by Crippen LogP contribution is -2.09. The number of nitriles is 1. The average Bonchev–Trinajstić information content (AvgIpc) is 2.23. The van der Waals surface area contributed by atoms with Crippen LogP contribution in [-0.2, 0) is 16.0 Å². The van der Waals surface area contributed by atoms with E-state index in [0.29, 0.717) is 0 Å². The molecule has 0 aliphatic heterocycles. The van der Waals surface area contributed by atoms with Gasteiger partial charge >= 0.3 is 5.97 Å². The fourth-order valence-corrected chi connectivity index (χ4v) is 1.42. The van der Waals surface area contributed by atoms with Crippen LogP contribution in [0.4, 0.5) is 4.39 Å². The van der Waals surface area contributed by atoms with Crippen LogP contribution in [0.5, 0.6) is 0 Å². The Hall–Kier alpha value is -1.89. The number of nitrogens with zero attached hydrogens (tertiary/aromatic N) is 1. The first kappa shape index (κ1) is 12.2. The monoisotopic (exact) mass is 221 g/mol. The quantitative estimate of drug-likeness (QED) is 0.734. The summed E-state index contributed by atoms with van der Waals surface area (Å²) < 4.78 is 18.3. The average molecular weight is 221 g/mol. The van der Waals surface area contributed by atoms with E-state index in [1.165, 1.54) is 6.07 Å². The number of hydrogen-bond acceptors (Lipinski definition) is 3. The highest BCUT2D eigenvalue weighted by molar-refractivity contribution is 5.73. The number of aryl methyl sites for hydroxylation is 1. The van der Waals surface area contributed by atoms with Crippen molar-refractivity contribution in [2.24, 2.45) is 0 Å². The van der Waals surface area contributed by atoms with E-state index >= 15 is 0 Å². The Morgan fingerprint density at radius 1 is 1.56 bits per heavy atom. The summed E-state index contributed by atoms with van der Waals surface area (Å²) in [6.07, 6.45) is -0.143. The molecule has 0 fully saturated rings. The highest BCUT2D eigenvalue weighted by atomic mass is 19.1. The number of benzene rings is 1. The minimum atomic E-state index is -0.638. The van der Waals surface area contributed by atoms with Crippen molar-refractivity contribution < 1.29 is 13.9 Å². The highest BCUT2D eigenvalue weighted by Gasteiger charge is 2.13. The number of carbonyl (C=O) groups is 1. The Morgan fingerprint density at radius 3 is 2.81 bits per heavy atom. The molecule has 0 radical (unpaired) electrons. The molecule has 16 heavy (non-hydrogen) atoms. The van der Waals surface area contributed by atoms with E-state index in [9.17, 15) is 9.18 Å². The minimum absolute atomic E-state index is 0.0423. The smallest absolute Gasteiger partial charge is 0.310 e. The van der Waals surface area contributed by atoms with Gasteiger partial charge in [-0.25, -0.2) is 4.39 Å². The molecule has 4 heteroatoms. The Morgan fingerprint density at radius 2 is 2.25 bits per heavy atom. The SMILES string of the molecule is CCOC(=O)Cc1cc(C)cc(C#N)c1F. The summed E-state index contributed by atoms with van der Waals surface area (Å²) in [7, 11) is 0. The minimum Gasteiger partial charge on any atom is -0.466 e. The van der Waals surface area contributed by atoms with Gasteiger partial charge in [-0.05, 0) is 25.5 Å². The van der Waals surface area contributed by atoms with Gasteiger partial charge in [0.2, 0.25) is 0 Å². The molecule has 1 rings (SSSR count). The predicted molar refractivity (Wildman–Crippen MR) is 56.2 cm³/mol. The van der Waals surface area contributed by atoms with E-state index < -0.39 is 11.8 Å². The van der Waals surface area contributed by atoms with Gasteiger partial charge in [-0.15, -0.1) is 0 Å². The molecule has 0 bridgehead atoms. The molecule has 0 saturated heterocycles. The second-order valence-corrected chi connectivity index (χ2v) is 3.38. The molecule has 0 spiro atoms. The van der Waals surface area contributed by atoms with Gasteiger partial charge in [-0.2, -0.15) is 5.26 Å². The van der Waals surface area contributed by atoms with E-state index in [1.54, 1.807) is 26.0 Å². The molecule has 0 atom stereocenters. The van der Waals surface area contributed by atoms with Crippen molar-refractivity contribution in [3.05, 3.63) is 34.6 Å². The van der Waals surface area contributed by atoms with E-state index in [0.717, 1.165) is 5.56 Å². The third kappa shape index (κ3) is 2.80. The van der Waals surface area contributed by atoms with Crippen molar-refractivity contribution in [2.45, 2.75) is 20.3 Å². The fourth-order valence-electron chi connectivity index (χ4n) is 1.42. The zero-order valence-electron chi connectivity index (χ0n) is 9.21. The molecule has 0 aliphatic rings. The van der Waals surface area contributed by atoms with Crippen LogP contribution in [0.1, 0.15) is 23.6 Å². The molecule has 0 aliphatic carbocycles. The van der Waals surface area contributed by atoms with Crippen LogP contribution in [-0.4, -0.2) is 12.6 Å². The molecule has 0 aromatic heterocycles. The van der Waals surface area contributed by atoms with Crippen LogP contribution < -0.4 is 0 Å². The van der Waals surface area contributed by atoms with Gasteiger partial charge in [-0.1, -0.05) is 6.07 Å². The van der Waals surface area contributed by atoms with Crippen LogP contribution in [0, 0.1) is 24.1 Å². The lowest BCUT2D eigenvalue weighted by atomic mass is 10.0. The second-order valence-electron chi connectivity index (χ2n) is 3.38. The van der Waals surface area contributed by atoms with Crippen molar-refractivity contribution in [1.82, 2.24) is 0 Å². The maximum Gasteiger partial charge on any atom is 0.310 e. The van der Waals surface area contributed by atoms with Crippen LogP contribution in [0.3, 0.4) is 0 Å². The molecule has 84 valence electrons. The molecule has 0 N–H and O–H groups in total. The van der Waals surface area contributed by atoms with Crippen LogP contribution in [0.2, 0.25) is 0 Å². The summed E-state index contributed by atoms with van der Waals surface area (Å²) in [5, 5.41) is 8.70. The summed E-state index contributed by atoms with van der Waals surface area (Å²) in [5.41, 5.74) is 0.909. The van der Waals surface area contributed by atoms with Gasteiger partial charge in [0.05, 0.1) is 18.6 Å². The van der Waals surface area contributed by atoms with Crippen molar-refractivity contribution in [2.75, 3.05) is 6.61 Å². The largest absolute Gasteiger partial charge is 0.466 e. The van der Waals surface area contributed by atoms with Crippen LogP contribution in [0.25, 0.3) is 0 Å². The summed E-state index contributed by atoms with van der Waals surface area (Å²) in [6, 6.07) is 4.75. The highest BCUT2D eigenvalue weighted by Crippen LogP contribution is 2.16. The van der Waals surface area contributed by atoms with E-state index in [-0.39, 0.29) is 24.2 Å². The first-order valence-electron chi connectivity index (χ1n) is 4.93. The van der Waals surface area contributed by atoms with Gasteiger partial charge in [0.25, 0.3) is 0 Å². The van der Waals surface area contributed by atoms with Gasteiger partial charge in [0.1, 0.15) is 11.9 Å². The molecule has 3 nitrogen and oxygen atoms in total. The van der Waals surface area contributed by atoms with E-state index in [1.807, 2.05) is 0 Å². The number of rotatable bonds is 3. The number of ether oxygens (including phenoxy) is 1. The van der Waals surface area contributed by atoms with Crippen LogP contribution in [0.15, 0.2) is 12.1 Å². The maximum absolute atomic E-state index is 13.6. The Balaban J connectivity index is 3.01. The standard InChI is InChI=1S/C12H12FNO2/c1-3-16-11(15)6-9-4-8(2)5-10(7-14)12(9)13/h4-5H,3,6H2,1-2H3. The molecule has 0 unspecified atom stereocenters. The van der Waals surface area contributed by atoms with Gasteiger partial charge in [-0.3, -0.25) is 4.79 Å². The molecule has 1 aromatic carbocycles. The van der Waals surface area contributed by atoms with Gasteiger partial charge in [0, 0.05) is 5.56 Å². The Bertz CT molecular complexity index is 449. The maximum atomic E-state index is 13.6. The van der Waals surface area contributed by atoms with Crippen molar-refractivity contribution in [1.29, 1.82) is 5.26 Å². The first-order chi connectivity index (χ1) is 7.58. The van der Waals surface area contributed by atoms with Crippen LogP contribution >= 0.6 is 0 Å². The number of halogens is 1. The lowest BCUT2D eigenvalue weighted by Gasteiger charge is -2.06. The lowest BCUT2D eigenvalue weighted by molar-refractivity contribution is -0.142. The summed E-state index contributed by atoms with van der Waals surface area (Å²) >= 11 is 0. The topological polar surface area (TPSA) is 50.1 Å². The summed E-state index contributed by atoms with van der Waals surface area (Å²) in [5.74, 6) is -1.13. The molecule has 0 amide bonds. The summed E-state index contributed by atoms with van der Waals surface area (Å²) in [6.45, 7) is 3.69. The second kappa shape index (κ2) is 5.26. The normalized spacial score (nSPS) is 9.62. The Labute approximate surface area is 93.5 Å². The van der Waals surface area contributed by atoms with E-state index in [4.69, 9.17) is 10.00 Å². The van der Waals surface area contributed by atoms with Gasteiger partial charge in [0.15, 0.2) is 0 Å². The predicted octanol–water partition coefficient (Wildman–Crippen LogP) is 2.11. The van der Waals surface area contributed by atoms with Gasteiger partial charge < -0.3 is 4.74 Å². The zero-order valence-corrected chi connectivity index (χ0v) is 9.21. The molecular formula is C12H12FNO2. The molecular weight excluding hydrogens is 209 g/mol. The van der Waals surface area contributed by atoms with Crippen molar-refractivity contribution >= 4 is 5.97 Å². The number of carbonyl (C=O) groups excluding carboxylic acids is 1. The molecule has 0 saturated carbocycles. The third-order valence-electron chi connectivity index (χ3n) is 2.05. The number of hydrogen-bond donors (Lipinski definition) is 0. The summed E-state index contributed by atoms with van der Waals surface area (Å²) in [4.78, 5) is 11.2.